The summed E-state index contributed by atoms with van der Waals surface area (Å²) in [6.07, 6.45) is 10.2. The van der Waals surface area contributed by atoms with Crippen LogP contribution in [-0.2, 0) is 9.53 Å². The molecule has 3 N–H and O–H groups in total. The van der Waals surface area contributed by atoms with E-state index in [1.807, 2.05) is 6.92 Å². The van der Waals surface area contributed by atoms with Gasteiger partial charge in [-0.15, -0.1) is 0 Å². The first-order valence-electron chi connectivity index (χ1n) is 8.34. The lowest BCUT2D eigenvalue weighted by Crippen LogP contribution is -2.52. The van der Waals surface area contributed by atoms with Crippen LogP contribution in [0.25, 0.3) is 0 Å². The number of rotatable bonds is 7. The maximum Gasteiger partial charge on any atom is 0.240 e. The molecule has 20 heavy (non-hydrogen) atoms. The fraction of sp³-hybridized carbons (Fsp3) is 0.938. The first kappa shape index (κ1) is 15.8. The standard InChI is InChI=1S/C16H30N2O2/c1-2-20-14(13-7-3-4-8-13)9-12-18-15(19)16(17)10-5-6-11-16/h13-14H,2-12,17H2,1H3,(H,18,19). The largest absolute Gasteiger partial charge is 0.378 e. The summed E-state index contributed by atoms with van der Waals surface area (Å²) < 4.78 is 5.88. The van der Waals surface area contributed by atoms with Gasteiger partial charge in [0.05, 0.1) is 11.6 Å². The predicted molar refractivity (Wildman–Crippen MR) is 80.4 cm³/mol. The smallest absolute Gasteiger partial charge is 0.240 e. The Morgan fingerprint density at radius 3 is 2.55 bits per heavy atom. The van der Waals surface area contributed by atoms with E-state index in [0.717, 1.165) is 38.7 Å². The van der Waals surface area contributed by atoms with Crippen molar-refractivity contribution in [1.29, 1.82) is 0 Å². The molecule has 0 saturated heterocycles. The van der Waals surface area contributed by atoms with Gasteiger partial charge in [-0.2, -0.15) is 0 Å². The van der Waals surface area contributed by atoms with Crippen LogP contribution in [0.15, 0.2) is 0 Å². The number of nitrogens with two attached hydrogens (primary N) is 1. The molecule has 0 radical (unpaired) electrons. The average molecular weight is 282 g/mol. The Bertz CT molecular complexity index is 308. The number of amides is 1. The predicted octanol–water partition coefficient (Wildman–Crippen LogP) is 2.36. The van der Waals surface area contributed by atoms with Crippen LogP contribution >= 0.6 is 0 Å². The first-order valence-corrected chi connectivity index (χ1v) is 8.34. The summed E-state index contributed by atoms with van der Waals surface area (Å²) in [5.74, 6) is 0.724. The van der Waals surface area contributed by atoms with Crippen LogP contribution in [0.1, 0.15) is 64.7 Å². The molecule has 0 spiro atoms. The highest BCUT2D eigenvalue weighted by Crippen LogP contribution is 2.31. The molecule has 0 aromatic heterocycles. The Morgan fingerprint density at radius 2 is 1.95 bits per heavy atom. The molecule has 2 aliphatic carbocycles. The zero-order valence-corrected chi connectivity index (χ0v) is 12.8. The summed E-state index contributed by atoms with van der Waals surface area (Å²) in [5.41, 5.74) is 5.55. The summed E-state index contributed by atoms with van der Waals surface area (Å²) in [5, 5.41) is 3.03. The van der Waals surface area contributed by atoms with E-state index in [0.29, 0.717) is 18.6 Å². The van der Waals surface area contributed by atoms with Gasteiger partial charge in [-0.3, -0.25) is 4.79 Å². The fourth-order valence-corrected chi connectivity index (χ4v) is 3.74. The van der Waals surface area contributed by atoms with Gasteiger partial charge in [-0.1, -0.05) is 25.7 Å². The van der Waals surface area contributed by atoms with E-state index >= 15 is 0 Å². The molecule has 2 fully saturated rings. The summed E-state index contributed by atoms with van der Waals surface area (Å²) in [6.45, 7) is 3.50. The lowest BCUT2D eigenvalue weighted by molar-refractivity contribution is -0.126. The SMILES string of the molecule is CCOC(CCNC(=O)C1(N)CCCC1)C1CCCC1. The second-order valence-electron chi connectivity index (χ2n) is 6.45. The van der Waals surface area contributed by atoms with Crippen LogP contribution in [0, 0.1) is 5.92 Å². The maximum absolute atomic E-state index is 12.2. The minimum absolute atomic E-state index is 0.0386. The number of carbonyl (C=O) groups is 1. The zero-order chi connectivity index (χ0) is 14.4. The van der Waals surface area contributed by atoms with Gasteiger partial charge in [-0.25, -0.2) is 0 Å². The average Bonchev–Trinajstić information content (AvgIpc) is 3.09. The summed E-state index contributed by atoms with van der Waals surface area (Å²) in [6, 6.07) is 0. The molecule has 2 rings (SSSR count). The van der Waals surface area contributed by atoms with Crippen molar-refractivity contribution in [2.45, 2.75) is 76.4 Å². The van der Waals surface area contributed by atoms with Crippen LogP contribution < -0.4 is 11.1 Å². The minimum Gasteiger partial charge on any atom is -0.378 e. The Kier molecular flexibility index (Phi) is 5.85. The fourth-order valence-electron chi connectivity index (χ4n) is 3.74. The molecule has 4 nitrogen and oxygen atoms in total. The third-order valence-corrected chi connectivity index (χ3v) is 4.97. The van der Waals surface area contributed by atoms with Gasteiger partial charge in [0, 0.05) is 13.2 Å². The monoisotopic (exact) mass is 282 g/mol. The molecular formula is C16H30N2O2. The van der Waals surface area contributed by atoms with Crippen molar-refractivity contribution in [3.63, 3.8) is 0 Å². The molecule has 116 valence electrons. The molecule has 0 heterocycles. The van der Waals surface area contributed by atoms with Crippen LogP contribution in [0.5, 0.6) is 0 Å². The van der Waals surface area contributed by atoms with Gasteiger partial charge in [0.15, 0.2) is 0 Å². The van der Waals surface area contributed by atoms with Gasteiger partial charge < -0.3 is 15.8 Å². The van der Waals surface area contributed by atoms with E-state index < -0.39 is 5.54 Å². The first-order chi connectivity index (χ1) is 9.65. The van der Waals surface area contributed by atoms with Gasteiger partial charge in [0.2, 0.25) is 5.91 Å². The molecule has 0 aromatic carbocycles. The molecule has 1 unspecified atom stereocenters. The van der Waals surface area contributed by atoms with Crippen molar-refractivity contribution in [3.05, 3.63) is 0 Å². The van der Waals surface area contributed by atoms with Gasteiger partial charge in [0.25, 0.3) is 0 Å². The number of hydrogen-bond acceptors (Lipinski definition) is 3. The summed E-state index contributed by atoms with van der Waals surface area (Å²) >= 11 is 0. The van der Waals surface area contributed by atoms with Gasteiger partial charge >= 0.3 is 0 Å². The second kappa shape index (κ2) is 7.41. The molecule has 0 aliphatic heterocycles. The third kappa shape index (κ3) is 3.95. The second-order valence-corrected chi connectivity index (χ2v) is 6.45. The van der Waals surface area contributed by atoms with E-state index in [4.69, 9.17) is 10.5 Å². The van der Waals surface area contributed by atoms with Crippen molar-refractivity contribution in [2.75, 3.05) is 13.2 Å². The molecule has 1 atom stereocenters. The summed E-state index contributed by atoms with van der Waals surface area (Å²) in [4.78, 5) is 12.2. The normalized spacial score (nSPS) is 23.9. The maximum atomic E-state index is 12.2. The Balaban J connectivity index is 1.73. The molecule has 2 saturated carbocycles. The lowest BCUT2D eigenvalue weighted by Gasteiger charge is -2.26. The van der Waals surface area contributed by atoms with Crippen LogP contribution in [0.3, 0.4) is 0 Å². The molecule has 2 aliphatic rings. The molecular weight excluding hydrogens is 252 g/mol. The topological polar surface area (TPSA) is 64.3 Å². The minimum atomic E-state index is -0.603. The highest BCUT2D eigenvalue weighted by atomic mass is 16.5. The van der Waals surface area contributed by atoms with Crippen LogP contribution in [0.2, 0.25) is 0 Å². The number of nitrogens with one attached hydrogen (secondary N) is 1. The van der Waals surface area contributed by atoms with E-state index in [2.05, 4.69) is 5.32 Å². The Labute approximate surface area is 122 Å². The van der Waals surface area contributed by atoms with Crippen LogP contribution in [-0.4, -0.2) is 30.7 Å². The number of ether oxygens (including phenoxy) is 1. The van der Waals surface area contributed by atoms with Gasteiger partial charge in [0.1, 0.15) is 0 Å². The van der Waals surface area contributed by atoms with Crippen molar-refractivity contribution in [1.82, 2.24) is 5.32 Å². The van der Waals surface area contributed by atoms with Gasteiger partial charge in [-0.05, 0) is 44.9 Å². The van der Waals surface area contributed by atoms with Crippen molar-refractivity contribution in [2.24, 2.45) is 11.7 Å². The molecule has 1 amide bonds. The van der Waals surface area contributed by atoms with Crippen molar-refractivity contribution >= 4 is 5.91 Å². The van der Waals surface area contributed by atoms with E-state index in [-0.39, 0.29) is 5.91 Å². The zero-order valence-electron chi connectivity index (χ0n) is 12.8. The summed E-state index contributed by atoms with van der Waals surface area (Å²) in [7, 11) is 0. The highest BCUT2D eigenvalue weighted by molar-refractivity contribution is 5.86. The Morgan fingerprint density at radius 1 is 1.30 bits per heavy atom. The molecule has 0 aromatic rings. The van der Waals surface area contributed by atoms with Crippen LogP contribution in [0.4, 0.5) is 0 Å². The number of hydrogen-bond donors (Lipinski definition) is 2. The van der Waals surface area contributed by atoms with E-state index in [9.17, 15) is 4.79 Å². The highest BCUT2D eigenvalue weighted by Gasteiger charge is 2.36. The van der Waals surface area contributed by atoms with E-state index in [1.54, 1.807) is 0 Å². The lowest BCUT2D eigenvalue weighted by atomic mass is 9.96. The van der Waals surface area contributed by atoms with Crippen molar-refractivity contribution in [3.8, 4) is 0 Å². The number of carbonyl (C=O) groups excluding carboxylic acids is 1. The molecule has 4 heteroatoms. The van der Waals surface area contributed by atoms with Crippen molar-refractivity contribution < 1.29 is 9.53 Å². The molecule has 0 bridgehead atoms. The quantitative estimate of drug-likeness (QED) is 0.753. The Hall–Kier alpha value is -0.610. The van der Waals surface area contributed by atoms with E-state index in [1.165, 1.54) is 25.7 Å². The third-order valence-electron chi connectivity index (χ3n) is 4.97.